The Bertz CT molecular complexity index is 589. The zero-order valence-corrected chi connectivity index (χ0v) is 11.7. The van der Waals surface area contributed by atoms with Crippen LogP contribution in [0.2, 0.25) is 0 Å². The van der Waals surface area contributed by atoms with E-state index in [1.54, 1.807) is 35.4 Å². The second-order valence-electron chi connectivity index (χ2n) is 5.08. The predicted molar refractivity (Wildman–Crippen MR) is 77.4 cm³/mol. The molecule has 3 rings (SSSR count). The van der Waals surface area contributed by atoms with Gasteiger partial charge < -0.3 is 14.4 Å². The minimum atomic E-state index is -0.229. The summed E-state index contributed by atoms with van der Waals surface area (Å²) in [6.45, 7) is 3.23. The number of hydrogen-bond acceptors (Lipinski definition) is 3. The van der Waals surface area contributed by atoms with Crippen molar-refractivity contribution in [2.75, 3.05) is 31.1 Å². The zero-order valence-electron chi connectivity index (χ0n) is 11.7. The van der Waals surface area contributed by atoms with Gasteiger partial charge in [0.2, 0.25) is 5.91 Å². The van der Waals surface area contributed by atoms with Gasteiger partial charge in [0.1, 0.15) is 12.4 Å². The highest BCUT2D eigenvalue weighted by Crippen LogP contribution is 2.17. The lowest BCUT2D eigenvalue weighted by Gasteiger charge is -2.36. The lowest BCUT2D eigenvalue weighted by atomic mass is 10.2. The third kappa shape index (κ3) is 3.21. The average Bonchev–Trinajstić information content (AvgIpc) is 3.01. The van der Waals surface area contributed by atoms with Gasteiger partial charge in [-0.05, 0) is 24.3 Å². The molecule has 0 aliphatic carbocycles. The minimum Gasteiger partial charge on any atom is -0.368 e. The van der Waals surface area contributed by atoms with Crippen molar-refractivity contribution in [3.8, 4) is 0 Å². The largest absolute Gasteiger partial charge is 0.368 e. The van der Waals surface area contributed by atoms with Crippen molar-refractivity contribution >= 4 is 11.6 Å². The van der Waals surface area contributed by atoms with Crippen LogP contribution in [0.4, 0.5) is 10.1 Å². The van der Waals surface area contributed by atoms with Crippen molar-refractivity contribution in [2.24, 2.45) is 0 Å². The third-order valence-electron chi connectivity index (χ3n) is 3.70. The van der Waals surface area contributed by atoms with E-state index in [1.807, 2.05) is 4.90 Å². The van der Waals surface area contributed by atoms with Gasteiger partial charge in [0.25, 0.3) is 0 Å². The molecule has 1 amide bonds. The number of benzene rings is 1. The quantitative estimate of drug-likeness (QED) is 0.856. The maximum absolute atomic E-state index is 12.9. The summed E-state index contributed by atoms with van der Waals surface area (Å²) >= 11 is 0. The predicted octanol–water partition coefficient (Wildman–Crippen LogP) is 1.37. The Kier molecular flexibility index (Phi) is 3.85. The van der Waals surface area contributed by atoms with E-state index in [0.717, 1.165) is 18.8 Å². The van der Waals surface area contributed by atoms with Gasteiger partial charge in [-0.2, -0.15) is 0 Å². The summed E-state index contributed by atoms with van der Waals surface area (Å²) in [5, 5.41) is 0. The Balaban J connectivity index is 1.55. The molecule has 0 N–H and O–H groups in total. The normalized spacial score (nSPS) is 15.3. The van der Waals surface area contributed by atoms with Crippen LogP contribution in [0, 0.1) is 5.82 Å². The molecule has 1 saturated heterocycles. The molecule has 0 saturated carbocycles. The molecule has 0 radical (unpaired) electrons. The number of carbonyl (C=O) groups is 1. The fraction of sp³-hybridized carbons (Fsp3) is 0.333. The monoisotopic (exact) mass is 288 g/mol. The van der Waals surface area contributed by atoms with Crippen molar-refractivity contribution in [2.45, 2.75) is 6.54 Å². The summed E-state index contributed by atoms with van der Waals surface area (Å²) in [6.07, 6.45) is 5.10. The van der Waals surface area contributed by atoms with Crippen LogP contribution in [0.5, 0.6) is 0 Å². The molecular weight excluding hydrogens is 271 g/mol. The van der Waals surface area contributed by atoms with E-state index in [9.17, 15) is 9.18 Å². The summed E-state index contributed by atoms with van der Waals surface area (Å²) in [4.78, 5) is 20.1. The molecule has 0 unspecified atom stereocenters. The van der Waals surface area contributed by atoms with Crippen LogP contribution in [-0.2, 0) is 11.3 Å². The van der Waals surface area contributed by atoms with Crippen molar-refractivity contribution < 1.29 is 9.18 Å². The Morgan fingerprint density at radius 2 is 1.86 bits per heavy atom. The van der Waals surface area contributed by atoms with E-state index in [2.05, 4.69) is 9.88 Å². The van der Waals surface area contributed by atoms with Gasteiger partial charge in [-0.1, -0.05) is 0 Å². The van der Waals surface area contributed by atoms with Crippen molar-refractivity contribution in [3.05, 3.63) is 48.8 Å². The molecule has 5 nitrogen and oxygen atoms in total. The highest BCUT2D eigenvalue weighted by Gasteiger charge is 2.21. The van der Waals surface area contributed by atoms with Gasteiger partial charge in [0.15, 0.2) is 0 Å². The number of amides is 1. The second kappa shape index (κ2) is 5.95. The van der Waals surface area contributed by atoms with E-state index < -0.39 is 0 Å². The van der Waals surface area contributed by atoms with Crippen molar-refractivity contribution in [3.63, 3.8) is 0 Å². The Morgan fingerprint density at radius 1 is 1.14 bits per heavy atom. The summed E-state index contributed by atoms with van der Waals surface area (Å²) in [6, 6.07) is 6.48. The molecule has 1 aromatic carbocycles. The van der Waals surface area contributed by atoms with Gasteiger partial charge in [0, 0.05) is 44.3 Å². The number of nitrogens with zero attached hydrogens (tertiary/aromatic N) is 4. The topological polar surface area (TPSA) is 41.4 Å². The average molecular weight is 288 g/mol. The number of aromatic nitrogens is 2. The Hall–Kier alpha value is -2.37. The first-order chi connectivity index (χ1) is 10.2. The maximum Gasteiger partial charge on any atom is 0.242 e. The zero-order chi connectivity index (χ0) is 14.7. The maximum atomic E-state index is 12.9. The molecule has 1 aliphatic rings. The van der Waals surface area contributed by atoms with Crippen LogP contribution in [0.3, 0.4) is 0 Å². The van der Waals surface area contributed by atoms with Gasteiger partial charge in [-0.25, -0.2) is 9.37 Å². The molecule has 1 aromatic heterocycles. The summed E-state index contributed by atoms with van der Waals surface area (Å²) < 4.78 is 14.7. The highest BCUT2D eigenvalue weighted by atomic mass is 19.1. The molecule has 21 heavy (non-hydrogen) atoms. The molecule has 6 heteroatoms. The van der Waals surface area contributed by atoms with Gasteiger partial charge in [-0.15, -0.1) is 0 Å². The second-order valence-corrected chi connectivity index (χ2v) is 5.08. The molecule has 0 bridgehead atoms. The van der Waals surface area contributed by atoms with Crippen LogP contribution in [0.25, 0.3) is 0 Å². The van der Waals surface area contributed by atoms with Crippen LogP contribution in [-0.4, -0.2) is 46.5 Å². The SMILES string of the molecule is O=C(Cn1ccnc1)N1CCN(c2ccc(F)cc2)CC1. The minimum absolute atomic E-state index is 0.103. The molecule has 1 aliphatic heterocycles. The number of imidazole rings is 1. The van der Waals surface area contributed by atoms with E-state index >= 15 is 0 Å². The van der Waals surface area contributed by atoms with Gasteiger partial charge in [0.05, 0.1) is 6.33 Å². The van der Waals surface area contributed by atoms with E-state index in [-0.39, 0.29) is 11.7 Å². The van der Waals surface area contributed by atoms with Gasteiger partial charge >= 0.3 is 0 Å². The van der Waals surface area contributed by atoms with Crippen LogP contribution < -0.4 is 4.90 Å². The first-order valence-electron chi connectivity index (χ1n) is 6.96. The first kappa shape index (κ1) is 13.6. The van der Waals surface area contributed by atoms with Gasteiger partial charge in [-0.3, -0.25) is 4.79 Å². The molecule has 110 valence electrons. The molecule has 2 aromatic rings. The Labute approximate surface area is 122 Å². The molecule has 1 fully saturated rings. The van der Waals surface area contributed by atoms with Crippen LogP contribution in [0.1, 0.15) is 0 Å². The molecular formula is C15H17FN4O. The smallest absolute Gasteiger partial charge is 0.242 e. The summed E-state index contributed by atoms with van der Waals surface area (Å²) in [7, 11) is 0. The molecule has 0 spiro atoms. The number of carbonyl (C=O) groups excluding carboxylic acids is 1. The van der Waals surface area contributed by atoms with Crippen LogP contribution >= 0.6 is 0 Å². The van der Waals surface area contributed by atoms with E-state index in [4.69, 9.17) is 0 Å². The number of rotatable bonds is 3. The fourth-order valence-corrected chi connectivity index (χ4v) is 2.50. The lowest BCUT2D eigenvalue weighted by Crippen LogP contribution is -2.49. The summed E-state index contributed by atoms with van der Waals surface area (Å²) in [5.41, 5.74) is 0.998. The number of hydrogen-bond donors (Lipinski definition) is 0. The highest BCUT2D eigenvalue weighted by molar-refractivity contribution is 5.76. The number of piperazine rings is 1. The number of anilines is 1. The van der Waals surface area contributed by atoms with Crippen LogP contribution in [0.15, 0.2) is 43.0 Å². The summed E-state index contributed by atoms with van der Waals surface area (Å²) in [5.74, 6) is -0.125. The number of halogens is 1. The fourth-order valence-electron chi connectivity index (χ4n) is 2.50. The standard InChI is InChI=1S/C15H17FN4O/c16-13-1-3-14(4-2-13)19-7-9-20(10-8-19)15(21)11-18-6-5-17-12-18/h1-6,12H,7-11H2. The molecule has 0 atom stereocenters. The first-order valence-corrected chi connectivity index (χ1v) is 6.96. The Morgan fingerprint density at radius 3 is 2.48 bits per heavy atom. The lowest BCUT2D eigenvalue weighted by molar-refractivity contribution is -0.132. The third-order valence-corrected chi connectivity index (χ3v) is 3.70. The van der Waals surface area contributed by atoms with E-state index in [1.165, 1.54) is 12.1 Å². The molecule has 2 heterocycles. The van der Waals surface area contributed by atoms with Crippen molar-refractivity contribution in [1.29, 1.82) is 0 Å². The van der Waals surface area contributed by atoms with E-state index in [0.29, 0.717) is 19.6 Å². The van der Waals surface area contributed by atoms with Crippen molar-refractivity contribution in [1.82, 2.24) is 14.5 Å².